The molecule has 7 heteroatoms. The third kappa shape index (κ3) is 3.62. The first kappa shape index (κ1) is 17.4. The van der Waals surface area contributed by atoms with Gasteiger partial charge in [-0.05, 0) is 35.7 Å². The summed E-state index contributed by atoms with van der Waals surface area (Å²) >= 11 is 1.24. The van der Waals surface area contributed by atoms with Gasteiger partial charge < -0.3 is 10.1 Å². The normalized spacial score (nSPS) is 13.6. The lowest BCUT2D eigenvalue weighted by atomic mass is 10.1. The van der Waals surface area contributed by atoms with Gasteiger partial charge in [0.2, 0.25) is 5.91 Å². The van der Waals surface area contributed by atoms with E-state index < -0.39 is 11.7 Å². The van der Waals surface area contributed by atoms with Crippen LogP contribution in [0, 0.1) is 17.1 Å². The van der Waals surface area contributed by atoms with Crippen LogP contribution in [0.1, 0.15) is 22.1 Å². The number of carbonyl (C=O) groups is 1. The smallest absolute Gasteiger partial charge is 0.244 e. The summed E-state index contributed by atoms with van der Waals surface area (Å²) < 4.78 is 19.5. The summed E-state index contributed by atoms with van der Waals surface area (Å²) in [4.78, 5) is 16.7. The third-order valence-electron chi connectivity index (χ3n) is 4.47. The molecule has 2 heterocycles. The van der Waals surface area contributed by atoms with Gasteiger partial charge >= 0.3 is 0 Å². The van der Waals surface area contributed by atoms with Crippen LogP contribution in [-0.4, -0.2) is 24.0 Å². The predicted molar refractivity (Wildman–Crippen MR) is 100 cm³/mol. The maximum atomic E-state index is 13.3. The number of nitrogens with one attached hydrogen (secondary N) is 1. The minimum Gasteiger partial charge on any atom is -0.493 e. The maximum Gasteiger partial charge on any atom is 0.244 e. The molecule has 0 radical (unpaired) electrons. The highest BCUT2D eigenvalue weighted by Crippen LogP contribution is 2.28. The molecule has 0 unspecified atom stereocenters. The summed E-state index contributed by atoms with van der Waals surface area (Å²) in [6.45, 7) is 1.14. The summed E-state index contributed by atoms with van der Waals surface area (Å²) in [6.07, 6.45) is 1.58. The Balaban J connectivity index is 1.40. The Hall–Kier alpha value is -2.98. The van der Waals surface area contributed by atoms with E-state index in [1.807, 2.05) is 18.2 Å². The van der Waals surface area contributed by atoms with Crippen molar-refractivity contribution in [2.45, 2.75) is 18.8 Å². The van der Waals surface area contributed by atoms with Crippen LogP contribution in [0.3, 0.4) is 0 Å². The molecule has 5 nitrogen and oxygen atoms in total. The highest BCUT2D eigenvalue weighted by Gasteiger charge is 2.24. The molecular weight excluding hydrogens is 365 g/mol. The molecule has 3 aromatic rings. The van der Waals surface area contributed by atoms with Crippen molar-refractivity contribution < 1.29 is 13.9 Å². The highest BCUT2D eigenvalue weighted by atomic mass is 32.1. The van der Waals surface area contributed by atoms with Crippen LogP contribution in [0.4, 0.5) is 4.39 Å². The van der Waals surface area contributed by atoms with Gasteiger partial charge in [-0.15, -0.1) is 11.3 Å². The fraction of sp³-hybridized carbons (Fsp3) is 0.250. The van der Waals surface area contributed by atoms with Gasteiger partial charge in [0.1, 0.15) is 16.6 Å². The number of rotatable bonds is 5. The van der Waals surface area contributed by atoms with E-state index in [1.54, 1.807) is 6.07 Å². The van der Waals surface area contributed by atoms with Crippen molar-refractivity contribution >= 4 is 27.5 Å². The number of benzene rings is 2. The fourth-order valence-electron chi connectivity index (χ4n) is 3.10. The Labute approximate surface area is 159 Å². The van der Waals surface area contributed by atoms with E-state index in [2.05, 4.69) is 16.4 Å². The number of halogens is 1. The number of amides is 1. The van der Waals surface area contributed by atoms with Crippen LogP contribution in [0.15, 0.2) is 36.4 Å². The number of aromatic nitrogens is 1. The van der Waals surface area contributed by atoms with Crippen molar-refractivity contribution in [3.8, 4) is 11.8 Å². The lowest BCUT2D eigenvalue weighted by Gasteiger charge is -2.09. The molecule has 1 aliphatic heterocycles. The molecule has 1 atom stereocenters. The SMILES string of the molecule is N#C[C@@H](C(=O)NCCc1ccc2c(c1)CCO2)c1nc2cc(F)ccc2s1. The minimum absolute atomic E-state index is 0.380. The number of fused-ring (bicyclic) bond motifs is 2. The second-order valence-corrected chi connectivity index (χ2v) is 7.37. The summed E-state index contributed by atoms with van der Waals surface area (Å²) in [5.41, 5.74) is 2.77. The molecular formula is C20H16FN3O2S. The topological polar surface area (TPSA) is 75.0 Å². The summed E-state index contributed by atoms with van der Waals surface area (Å²) in [7, 11) is 0. The second kappa shape index (κ2) is 7.33. The van der Waals surface area contributed by atoms with Gasteiger partial charge in [-0.2, -0.15) is 5.26 Å². The second-order valence-electron chi connectivity index (χ2n) is 6.31. The Morgan fingerprint density at radius 2 is 2.26 bits per heavy atom. The molecule has 0 saturated heterocycles. The molecule has 1 aromatic heterocycles. The number of carbonyl (C=O) groups excluding carboxylic acids is 1. The van der Waals surface area contributed by atoms with Crippen molar-refractivity contribution in [3.05, 3.63) is 58.3 Å². The molecule has 1 aliphatic rings. The van der Waals surface area contributed by atoms with Crippen molar-refractivity contribution in [1.29, 1.82) is 5.26 Å². The molecule has 0 bridgehead atoms. The van der Waals surface area contributed by atoms with Gasteiger partial charge in [-0.3, -0.25) is 4.79 Å². The summed E-state index contributed by atoms with van der Waals surface area (Å²) in [6, 6.07) is 12.3. The third-order valence-corrected chi connectivity index (χ3v) is 5.57. The van der Waals surface area contributed by atoms with Gasteiger partial charge in [0.15, 0.2) is 5.92 Å². The van der Waals surface area contributed by atoms with E-state index in [9.17, 15) is 14.4 Å². The molecule has 1 amide bonds. The average molecular weight is 381 g/mol. The Morgan fingerprint density at radius 3 is 3.11 bits per heavy atom. The van der Waals surface area contributed by atoms with Gasteiger partial charge in [0.05, 0.1) is 22.9 Å². The molecule has 27 heavy (non-hydrogen) atoms. The Kier molecular flexibility index (Phi) is 4.73. The number of thiazole rings is 1. The van der Waals surface area contributed by atoms with Crippen LogP contribution < -0.4 is 10.1 Å². The van der Waals surface area contributed by atoms with Crippen LogP contribution in [0.5, 0.6) is 5.75 Å². The van der Waals surface area contributed by atoms with Gasteiger partial charge in [-0.25, -0.2) is 9.37 Å². The zero-order valence-corrected chi connectivity index (χ0v) is 15.2. The van der Waals surface area contributed by atoms with E-state index in [-0.39, 0.29) is 5.91 Å². The van der Waals surface area contributed by atoms with Gasteiger partial charge in [0.25, 0.3) is 0 Å². The minimum atomic E-state index is -1.00. The number of ether oxygens (including phenoxy) is 1. The highest BCUT2D eigenvalue weighted by molar-refractivity contribution is 7.18. The number of hydrogen-bond acceptors (Lipinski definition) is 5. The van der Waals surface area contributed by atoms with Gasteiger partial charge in [-0.1, -0.05) is 12.1 Å². The first-order valence-corrected chi connectivity index (χ1v) is 9.43. The number of hydrogen-bond donors (Lipinski definition) is 1. The molecule has 1 N–H and O–H groups in total. The number of nitriles is 1. The first-order chi connectivity index (χ1) is 13.1. The zero-order valence-electron chi connectivity index (χ0n) is 14.4. The number of nitrogens with zero attached hydrogens (tertiary/aromatic N) is 2. The van der Waals surface area contributed by atoms with Crippen LogP contribution in [0.25, 0.3) is 10.2 Å². The quantitative estimate of drug-likeness (QED) is 0.736. The fourth-order valence-corrected chi connectivity index (χ4v) is 4.09. The molecule has 136 valence electrons. The predicted octanol–water partition coefficient (Wildman–Crippen LogP) is 3.34. The largest absolute Gasteiger partial charge is 0.493 e. The Morgan fingerprint density at radius 1 is 1.37 bits per heavy atom. The zero-order chi connectivity index (χ0) is 18.8. The molecule has 4 rings (SSSR count). The van der Waals surface area contributed by atoms with E-state index in [1.165, 1.54) is 29.0 Å². The molecule has 0 aliphatic carbocycles. The van der Waals surface area contributed by atoms with Crippen LogP contribution in [-0.2, 0) is 17.6 Å². The monoisotopic (exact) mass is 381 g/mol. The average Bonchev–Trinajstić information content (AvgIpc) is 3.28. The first-order valence-electron chi connectivity index (χ1n) is 8.62. The van der Waals surface area contributed by atoms with E-state index in [4.69, 9.17) is 4.74 Å². The molecule has 0 saturated carbocycles. The van der Waals surface area contributed by atoms with E-state index >= 15 is 0 Å². The van der Waals surface area contributed by atoms with Crippen molar-refractivity contribution in [1.82, 2.24) is 10.3 Å². The van der Waals surface area contributed by atoms with E-state index in [0.717, 1.165) is 22.4 Å². The summed E-state index contributed by atoms with van der Waals surface area (Å²) in [5, 5.41) is 12.6. The van der Waals surface area contributed by atoms with Crippen molar-refractivity contribution in [2.24, 2.45) is 0 Å². The van der Waals surface area contributed by atoms with Crippen molar-refractivity contribution in [2.75, 3.05) is 13.2 Å². The van der Waals surface area contributed by atoms with Crippen LogP contribution in [0.2, 0.25) is 0 Å². The van der Waals surface area contributed by atoms with Gasteiger partial charge in [0, 0.05) is 19.0 Å². The standard InChI is InChI=1S/C20H16FN3O2S/c21-14-2-4-18-16(10-14)24-20(27-18)15(11-22)19(25)23-7-5-12-1-3-17-13(9-12)6-8-26-17/h1-4,9-10,15H,5-8H2,(H,23,25)/t15-/m0/s1. The molecule has 0 fully saturated rings. The molecule has 0 spiro atoms. The summed E-state index contributed by atoms with van der Waals surface area (Å²) in [5.74, 6) is -0.850. The lowest BCUT2D eigenvalue weighted by Crippen LogP contribution is -2.30. The Bertz CT molecular complexity index is 1060. The van der Waals surface area contributed by atoms with Crippen LogP contribution >= 0.6 is 11.3 Å². The van der Waals surface area contributed by atoms with E-state index in [0.29, 0.717) is 30.1 Å². The molecule has 2 aromatic carbocycles. The lowest BCUT2D eigenvalue weighted by molar-refractivity contribution is -0.121. The van der Waals surface area contributed by atoms with Crippen molar-refractivity contribution in [3.63, 3.8) is 0 Å². The maximum absolute atomic E-state index is 13.3.